The Kier molecular flexibility index (Phi) is 7.21. The zero-order valence-corrected chi connectivity index (χ0v) is 30.0. The fourth-order valence-electron chi connectivity index (χ4n) is 8.73. The van der Waals surface area contributed by atoms with Crippen molar-refractivity contribution in [3.8, 4) is 50.3 Å². The zero-order valence-electron chi connectivity index (χ0n) is 30.0. The van der Waals surface area contributed by atoms with E-state index in [9.17, 15) is 0 Å². The number of nitrogens with zero attached hydrogens (tertiary/aromatic N) is 2. The molecule has 11 aromatic rings. The van der Waals surface area contributed by atoms with E-state index >= 15 is 0 Å². The third-order valence-electron chi connectivity index (χ3n) is 11.2. The number of fused-ring (bicyclic) bond motifs is 7. The Morgan fingerprint density at radius 1 is 0.327 bits per heavy atom. The summed E-state index contributed by atoms with van der Waals surface area (Å²) in [4.78, 5) is 5.05. The number of benzene rings is 9. The quantitative estimate of drug-likeness (QED) is 0.164. The van der Waals surface area contributed by atoms with Gasteiger partial charge < -0.3 is 4.57 Å². The molecule has 0 aliphatic heterocycles. The molecule has 0 amide bonds. The summed E-state index contributed by atoms with van der Waals surface area (Å²) in [6.07, 6.45) is 2.04. The lowest BCUT2D eigenvalue weighted by atomic mass is 9.86. The summed E-state index contributed by atoms with van der Waals surface area (Å²) in [5, 5.41) is 10.0. The summed E-state index contributed by atoms with van der Waals surface area (Å²) in [5.41, 5.74) is 12.8. The van der Waals surface area contributed by atoms with E-state index in [2.05, 4.69) is 205 Å². The monoisotopic (exact) mass is 698 g/mol. The first-order valence-corrected chi connectivity index (χ1v) is 18.9. The Morgan fingerprint density at radius 2 is 0.855 bits per heavy atom. The molecular formula is C53H34N2. The second-order valence-electron chi connectivity index (χ2n) is 14.3. The summed E-state index contributed by atoms with van der Waals surface area (Å²) in [6.45, 7) is 0. The van der Waals surface area contributed by atoms with Gasteiger partial charge in [-0.25, -0.2) is 0 Å². The van der Waals surface area contributed by atoms with Gasteiger partial charge in [0.05, 0.1) is 16.7 Å². The maximum absolute atomic E-state index is 5.05. The number of aromatic nitrogens is 2. The van der Waals surface area contributed by atoms with Crippen LogP contribution in [0.5, 0.6) is 0 Å². The number of hydrogen-bond donors (Lipinski definition) is 0. The molecule has 0 bridgehead atoms. The van der Waals surface area contributed by atoms with Gasteiger partial charge in [0, 0.05) is 33.8 Å². The second kappa shape index (κ2) is 12.7. The van der Waals surface area contributed by atoms with Crippen molar-refractivity contribution in [3.63, 3.8) is 0 Å². The summed E-state index contributed by atoms with van der Waals surface area (Å²) in [7, 11) is 0. The van der Waals surface area contributed by atoms with Gasteiger partial charge in [-0.2, -0.15) is 0 Å². The highest BCUT2D eigenvalue weighted by molar-refractivity contribution is 6.23. The van der Waals surface area contributed by atoms with E-state index in [1.165, 1.54) is 87.6 Å². The lowest BCUT2D eigenvalue weighted by molar-refractivity contribution is 1.18. The zero-order chi connectivity index (χ0) is 36.3. The Labute approximate surface area is 319 Å². The molecule has 0 fully saturated rings. The Balaban J connectivity index is 0.982. The van der Waals surface area contributed by atoms with Crippen molar-refractivity contribution >= 4 is 54.1 Å². The van der Waals surface area contributed by atoms with Crippen molar-refractivity contribution in [2.75, 3.05) is 0 Å². The third kappa shape index (κ3) is 5.07. The summed E-state index contributed by atoms with van der Waals surface area (Å²) in [5.74, 6) is 0. The van der Waals surface area contributed by atoms with Crippen LogP contribution in [0.3, 0.4) is 0 Å². The predicted molar refractivity (Wildman–Crippen MR) is 233 cm³/mol. The van der Waals surface area contributed by atoms with E-state index in [-0.39, 0.29) is 0 Å². The van der Waals surface area contributed by atoms with Crippen molar-refractivity contribution in [2.45, 2.75) is 0 Å². The largest absolute Gasteiger partial charge is 0.309 e. The molecule has 0 unspecified atom stereocenters. The van der Waals surface area contributed by atoms with Crippen LogP contribution in [0.1, 0.15) is 0 Å². The van der Waals surface area contributed by atoms with E-state index in [0.717, 1.165) is 16.8 Å². The molecule has 55 heavy (non-hydrogen) atoms. The Morgan fingerprint density at radius 3 is 1.51 bits per heavy atom. The van der Waals surface area contributed by atoms with Gasteiger partial charge in [0.1, 0.15) is 0 Å². The standard InChI is InChI=1S/C53H34N2/c1-3-14-38(15-4-1)51-43-19-9-11-21-45(43)52(46-22-12-10-20-44(46)51)40-27-30-48(54-34-40)37-25-23-35(24-26-37)39-29-31-49-47(33-39)53-42-18-8-7-13-36(42)28-32-50(53)55(49)41-16-5-2-6-17-41/h1-34H. The first-order chi connectivity index (χ1) is 27.3. The maximum Gasteiger partial charge on any atom is 0.0702 e. The smallest absolute Gasteiger partial charge is 0.0702 e. The molecule has 2 nitrogen and oxygen atoms in total. The molecular weight excluding hydrogens is 665 g/mol. The highest BCUT2D eigenvalue weighted by Gasteiger charge is 2.18. The SMILES string of the molecule is c1ccc(-c2c3ccccc3c(-c3ccc(-c4ccc(-c5ccc6c(c5)c5c7ccccc7ccc5n6-c5ccccc5)cc4)nc3)c3ccccc23)cc1. The summed E-state index contributed by atoms with van der Waals surface area (Å²) < 4.78 is 2.39. The molecule has 2 heteroatoms. The molecule has 0 saturated carbocycles. The van der Waals surface area contributed by atoms with Crippen molar-refractivity contribution in [1.82, 2.24) is 9.55 Å². The molecule has 256 valence electrons. The third-order valence-corrected chi connectivity index (χ3v) is 11.2. The number of rotatable bonds is 5. The van der Waals surface area contributed by atoms with E-state index in [1.807, 2.05) is 6.20 Å². The van der Waals surface area contributed by atoms with Crippen LogP contribution in [0.4, 0.5) is 0 Å². The first-order valence-electron chi connectivity index (χ1n) is 18.9. The fraction of sp³-hybridized carbons (Fsp3) is 0. The average Bonchev–Trinajstić information content (AvgIpc) is 3.60. The highest BCUT2D eigenvalue weighted by Crippen LogP contribution is 2.44. The molecule has 9 aromatic carbocycles. The molecule has 0 spiro atoms. The highest BCUT2D eigenvalue weighted by atomic mass is 15.0. The van der Waals surface area contributed by atoms with Gasteiger partial charge in [-0.3, -0.25) is 4.98 Å². The minimum atomic E-state index is 0.956. The van der Waals surface area contributed by atoms with Crippen LogP contribution in [0.15, 0.2) is 206 Å². The van der Waals surface area contributed by atoms with Crippen LogP contribution in [0.2, 0.25) is 0 Å². The van der Waals surface area contributed by atoms with Crippen molar-refractivity contribution < 1.29 is 0 Å². The minimum absolute atomic E-state index is 0.956. The normalized spacial score (nSPS) is 11.6. The van der Waals surface area contributed by atoms with Gasteiger partial charge >= 0.3 is 0 Å². The van der Waals surface area contributed by atoms with Gasteiger partial charge in [0.15, 0.2) is 0 Å². The summed E-state index contributed by atoms with van der Waals surface area (Å²) >= 11 is 0. The van der Waals surface area contributed by atoms with E-state index in [4.69, 9.17) is 4.98 Å². The van der Waals surface area contributed by atoms with Crippen LogP contribution in [-0.2, 0) is 0 Å². The topological polar surface area (TPSA) is 17.8 Å². The van der Waals surface area contributed by atoms with E-state index < -0.39 is 0 Å². The molecule has 0 N–H and O–H groups in total. The van der Waals surface area contributed by atoms with Gasteiger partial charge in [-0.15, -0.1) is 0 Å². The molecule has 0 atom stereocenters. The number of pyridine rings is 1. The number of para-hydroxylation sites is 1. The van der Waals surface area contributed by atoms with Crippen LogP contribution < -0.4 is 0 Å². The van der Waals surface area contributed by atoms with E-state index in [0.29, 0.717) is 0 Å². The molecule has 11 rings (SSSR count). The Bertz CT molecular complexity index is 3160. The van der Waals surface area contributed by atoms with Crippen LogP contribution in [-0.4, -0.2) is 9.55 Å². The van der Waals surface area contributed by atoms with Crippen molar-refractivity contribution in [3.05, 3.63) is 206 Å². The fourth-order valence-corrected chi connectivity index (χ4v) is 8.73. The minimum Gasteiger partial charge on any atom is -0.309 e. The maximum atomic E-state index is 5.05. The molecule has 2 heterocycles. The first kappa shape index (κ1) is 31.3. The lowest BCUT2D eigenvalue weighted by Gasteiger charge is -2.17. The summed E-state index contributed by atoms with van der Waals surface area (Å²) in [6, 6.07) is 72.3. The van der Waals surface area contributed by atoms with Gasteiger partial charge in [0.2, 0.25) is 0 Å². The van der Waals surface area contributed by atoms with E-state index in [1.54, 1.807) is 0 Å². The van der Waals surface area contributed by atoms with Crippen molar-refractivity contribution in [2.24, 2.45) is 0 Å². The molecule has 0 radical (unpaired) electrons. The number of hydrogen-bond acceptors (Lipinski definition) is 1. The average molecular weight is 699 g/mol. The molecule has 0 aliphatic rings. The van der Waals surface area contributed by atoms with Crippen LogP contribution >= 0.6 is 0 Å². The predicted octanol–water partition coefficient (Wildman–Crippen LogP) is 14.3. The lowest BCUT2D eigenvalue weighted by Crippen LogP contribution is -1.93. The molecule has 0 aliphatic carbocycles. The van der Waals surface area contributed by atoms with Crippen LogP contribution in [0, 0.1) is 0 Å². The molecule has 0 saturated heterocycles. The van der Waals surface area contributed by atoms with Gasteiger partial charge in [0.25, 0.3) is 0 Å². The second-order valence-corrected chi connectivity index (χ2v) is 14.3. The van der Waals surface area contributed by atoms with Crippen molar-refractivity contribution in [1.29, 1.82) is 0 Å². The van der Waals surface area contributed by atoms with Crippen LogP contribution in [0.25, 0.3) is 104 Å². The van der Waals surface area contributed by atoms with Gasteiger partial charge in [-0.1, -0.05) is 164 Å². The Hall–Kier alpha value is -7.29. The molecule has 2 aromatic heterocycles. The van der Waals surface area contributed by atoms with Gasteiger partial charge in [-0.05, 0) is 96.5 Å².